The molecule has 1 aromatic carbocycles. The number of hydrogen-bond donors (Lipinski definition) is 2. The van der Waals surface area contributed by atoms with E-state index in [1.807, 2.05) is 0 Å². The highest BCUT2D eigenvalue weighted by atomic mass is 79.9. The van der Waals surface area contributed by atoms with Crippen molar-refractivity contribution in [3.05, 3.63) is 28.2 Å². The Hall–Kier alpha value is -1.60. The van der Waals surface area contributed by atoms with E-state index in [4.69, 9.17) is 10.5 Å². The number of likely N-dealkylation sites (tertiary alicyclic amines) is 1. The van der Waals surface area contributed by atoms with Crippen molar-refractivity contribution in [3.63, 3.8) is 0 Å². The highest BCUT2D eigenvalue weighted by molar-refractivity contribution is 9.10. The van der Waals surface area contributed by atoms with Gasteiger partial charge in [0.25, 0.3) is 5.91 Å². The van der Waals surface area contributed by atoms with Crippen LogP contribution in [0.5, 0.6) is 5.75 Å². The van der Waals surface area contributed by atoms with Gasteiger partial charge in [0.05, 0.1) is 17.5 Å². The lowest BCUT2D eigenvalue weighted by Crippen LogP contribution is -2.46. The molecule has 2 amide bonds. The molecule has 7 heteroatoms. The van der Waals surface area contributed by atoms with Crippen LogP contribution in [0.15, 0.2) is 22.7 Å². The van der Waals surface area contributed by atoms with Crippen LogP contribution >= 0.6 is 15.9 Å². The number of ether oxygens (including phenoxy) is 1. The van der Waals surface area contributed by atoms with E-state index in [0.29, 0.717) is 37.5 Å². The molecule has 1 aliphatic rings. The van der Waals surface area contributed by atoms with Gasteiger partial charge in [-0.3, -0.25) is 9.59 Å². The van der Waals surface area contributed by atoms with Gasteiger partial charge in [-0.2, -0.15) is 0 Å². The summed E-state index contributed by atoms with van der Waals surface area (Å²) in [6.45, 7) is 2.00. The lowest BCUT2D eigenvalue weighted by atomic mass is 9.96. The number of nitrogens with zero attached hydrogens (tertiary/aromatic N) is 1. The fourth-order valence-electron chi connectivity index (χ4n) is 2.70. The van der Waals surface area contributed by atoms with Crippen LogP contribution in [0.1, 0.15) is 23.2 Å². The van der Waals surface area contributed by atoms with Crippen molar-refractivity contribution in [2.45, 2.75) is 12.8 Å². The summed E-state index contributed by atoms with van der Waals surface area (Å²) in [6, 6.07) is 5.25. The third-order valence-corrected chi connectivity index (χ3v) is 4.54. The van der Waals surface area contributed by atoms with E-state index in [-0.39, 0.29) is 17.7 Å². The summed E-state index contributed by atoms with van der Waals surface area (Å²) in [6.07, 6.45) is 1.62. The number of hydrogen-bond acceptors (Lipinski definition) is 4. The Balaban J connectivity index is 2.04. The molecule has 0 saturated carbocycles. The number of amides is 2. The topological polar surface area (TPSA) is 84.7 Å². The number of halogens is 1. The second kappa shape index (κ2) is 8.31. The SMILES string of the molecule is COc1ccc(C(=O)N2CCCC(C(=O)NCCN)C2)cc1Br. The largest absolute Gasteiger partial charge is 0.496 e. The summed E-state index contributed by atoms with van der Waals surface area (Å²) in [5, 5.41) is 2.80. The molecule has 2 rings (SSSR count). The molecule has 0 bridgehead atoms. The molecule has 0 aliphatic carbocycles. The van der Waals surface area contributed by atoms with E-state index < -0.39 is 0 Å². The van der Waals surface area contributed by atoms with Gasteiger partial charge in [0.15, 0.2) is 0 Å². The maximum atomic E-state index is 12.6. The number of piperidine rings is 1. The summed E-state index contributed by atoms with van der Waals surface area (Å²) >= 11 is 3.39. The molecule has 0 spiro atoms. The Kier molecular flexibility index (Phi) is 6.41. The van der Waals surface area contributed by atoms with Gasteiger partial charge in [-0.1, -0.05) is 0 Å². The van der Waals surface area contributed by atoms with Crippen molar-refractivity contribution in [3.8, 4) is 5.75 Å². The molecule has 1 atom stereocenters. The van der Waals surface area contributed by atoms with Gasteiger partial charge in [-0.15, -0.1) is 0 Å². The first kappa shape index (κ1) is 17.7. The highest BCUT2D eigenvalue weighted by Crippen LogP contribution is 2.27. The van der Waals surface area contributed by atoms with Gasteiger partial charge in [-0.25, -0.2) is 0 Å². The van der Waals surface area contributed by atoms with Gasteiger partial charge < -0.3 is 20.7 Å². The first-order valence-electron chi connectivity index (χ1n) is 7.67. The van der Waals surface area contributed by atoms with E-state index in [2.05, 4.69) is 21.2 Å². The molecule has 1 saturated heterocycles. The molecule has 1 aromatic rings. The number of methoxy groups -OCH3 is 1. The van der Waals surface area contributed by atoms with E-state index in [1.165, 1.54) is 0 Å². The van der Waals surface area contributed by atoms with Crippen LogP contribution in [0.4, 0.5) is 0 Å². The van der Waals surface area contributed by atoms with E-state index >= 15 is 0 Å². The first-order valence-corrected chi connectivity index (χ1v) is 8.46. The standard InChI is InChI=1S/C16H22BrN3O3/c1-23-14-5-4-11(9-13(14)17)16(22)20-8-2-3-12(10-20)15(21)19-7-6-18/h4-5,9,12H,2-3,6-8,10,18H2,1H3,(H,19,21). The van der Waals surface area contributed by atoms with E-state index in [0.717, 1.165) is 17.3 Å². The summed E-state index contributed by atoms with van der Waals surface area (Å²) in [7, 11) is 1.58. The molecule has 1 heterocycles. The number of nitrogens with two attached hydrogens (primary N) is 1. The Bertz CT molecular complexity index is 580. The predicted molar refractivity (Wildman–Crippen MR) is 91.4 cm³/mol. The first-order chi connectivity index (χ1) is 11.1. The zero-order valence-electron chi connectivity index (χ0n) is 13.2. The highest BCUT2D eigenvalue weighted by Gasteiger charge is 2.28. The second-order valence-electron chi connectivity index (χ2n) is 5.52. The van der Waals surface area contributed by atoms with Crippen molar-refractivity contribution in [2.75, 3.05) is 33.3 Å². The number of carbonyl (C=O) groups excluding carboxylic acids is 2. The molecule has 126 valence electrons. The average Bonchev–Trinajstić information content (AvgIpc) is 2.59. The van der Waals surface area contributed by atoms with Crippen LogP contribution in [-0.2, 0) is 4.79 Å². The Morgan fingerprint density at radius 1 is 1.48 bits per heavy atom. The number of nitrogens with one attached hydrogen (secondary N) is 1. The minimum absolute atomic E-state index is 0.0242. The zero-order valence-corrected chi connectivity index (χ0v) is 14.8. The Labute approximate surface area is 144 Å². The summed E-state index contributed by atoms with van der Waals surface area (Å²) in [5.74, 6) is 0.425. The van der Waals surface area contributed by atoms with Crippen molar-refractivity contribution >= 4 is 27.7 Å². The maximum Gasteiger partial charge on any atom is 0.253 e. The fourth-order valence-corrected chi connectivity index (χ4v) is 3.24. The van der Waals surface area contributed by atoms with Gasteiger partial charge >= 0.3 is 0 Å². The molecule has 0 aromatic heterocycles. The van der Waals surface area contributed by atoms with Gasteiger partial charge in [0, 0.05) is 31.7 Å². The van der Waals surface area contributed by atoms with Gasteiger partial charge in [0.2, 0.25) is 5.91 Å². The van der Waals surface area contributed by atoms with Crippen molar-refractivity contribution in [2.24, 2.45) is 11.7 Å². The van der Waals surface area contributed by atoms with Crippen LogP contribution in [0, 0.1) is 5.92 Å². The normalized spacial score (nSPS) is 17.7. The maximum absolute atomic E-state index is 12.6. The molecular weight excluding hydrogens is 362 g/mol. The number of rotatable bonds is 5. The van der Waals surface area contributed by atoms with Crippen LogP contribution in [0.3, 0.4) is 0 Å². The monoisotopic (exact) mass is 383 g/mol. The molecule has 0 radical (unpaired) electrons. The summed E-state index contributed by atoms with van der Waals surface area (Å²) in [4.78, 5) is 26.5. The van der Waals surface area contributed by atoms with E-state index in [9.17, 15) is 9.59 Å². The number of carbonyl (C=O) groups is 2. The Morgan fingerprint density at radius 3 is 2.91 bits per heavy atom. The summed E-state index contributed by atoms with van der Waals surface area (Å²) < 4.78 is 5.91. The number of benzene rings is 1. The lowest BCUT2D eigenvalue weighted by molar-refractivity contribution is -0.126. The quantitative estimate of drug-likeness (QED) is 0.804. The molecule has 23 heavy (non-hydrogen) atoms. The molecule has 1 unspecified atom stereocenters. The third-order valence-electron chi connectivity index (χ3n) is 3.92. The minimum Gasteiger partial charge on any atom is -0.496 e. The van der Waals surface area contributed by atoms with Gasteiger partial charge in [0.1, 0.15) is 5.75 Å². The van der Waals surface area contributed by atoms with Crippen LogP contribution in [0.2, 0.25) is 0 Å². The fraction of sp³-hybridized carbons (Fsp3) is 0.500. The molecular formula is C16H22BrN3O3. The molecule has 6 nitrogen and oxygen atoms in total. The molecule has 1 fully saturated rings. The molecule has 1 aliphatic heterocycles. The summed E-state index contributed by atoms with van der Waals surface area (Å²) in [5.41, 5.74) is 5.99. The van der Waals surface area contributed by atoms with Crippen LogP contribution in [-0.4, -0.2) is 50.0 Å². The predicted octanol–water partition coefficient (Wildman–Crippen LogP) is 1.38. The van der Waals surface area contributed by atoms with Crippen LogP contribution in [0.25, 0.3) is 0 Å². The van der Waals surface area contributed by atoms with Crippen molar-refractivity contribution < 1.29 is 14.3 Å². The van der Waals surface area contributed by atoms with Gasteiger partial charge in [-0.05, 0) is 47.0 Å². The minimum atomic E-state index is -0.166. The third kappa shape index (κ3) is 4.45. The van der Waals surface area contributed by atoms with Crippen molar-refractivity contribution in [1.29, 1.82) is 0 Å². The average molecular weight is 384 g/mol. The second-order valence-corrected chi connectivity index (χ2v) is 6.37. The Morgan fingerprint density at radius 2 is 2.26 bits per heavy atom. The van der Waals surface area contributed by atoms with E-state index in [1.54, 1.807) is 30.2 Å². The molecule has 3 N–H and O–H groups in total. The lowest BCUT2D eigenvalue weighted by Gasteiger charge is -2.32. The zero-order chi connectivity index (χ0) is 16.8. The van der Waals surface area contributed by atoms with Crippen LogP contribution < -0.4 is 15.8 Å². The smallest absolute Gasteiger partial charge is 0.253 e. The van der Waals surface area contributed by atoms with Crippen molar-refractivity contribution in [1.82, 2.24) is 10.2 Å².